The van der Waals surface area contributed by atoms with Crippen molar-refractivity contribution in [3.8, 4) is 5.75 Å². The van der Waals surface area contributed by atoms with Gasteiger partial charge in [0.05, 0.1) is 36.8 Å². The molecule has 250 valence electrons. The zero-order valence-electron chi connectivity index (χ0n) is 27.1. The second kappa shape index (κ2) is 14.2. The van der Waals surface area contributed by atoms with Crippen molar-refractivity contribution in [3.05, 3.63) is 72.6 Å². The van der Waals surface area contributed by atoms with E-state index in [1.807, 2.05) is 12.1 Å². The Morgan fingerprint density at radius 2 is 1.85 bits per heavy atom. The number of hydrogen-bond donors (Lipinski definition) is 2. The van der Waals surface area contributed by atoms with Crippen molar-refractivity contribution >= 4 is 34.6 Å². The molecule has 2 atom stereocenters. The Hall–Kier alpha value is -4.33. The maximum atomic E-state index is 14.0. The number of nitrogens with one attached hydrogen (secondary N) is 2. The molecule has 0 aliphatic carbocycles. The molecule has 1 amide bonds. The smallest absolute Gasteiger partial charge is 0.247 e. The van der Waals surface area contributed by atoms with Crippen LogP contribution >= 0.6 is 0 Å². The molecule has 4 heterocycles. The fraction of sp³-hybridized carbons (Fsp3) is 0.441. The average molecular weight is 649 g/mol. The molecule has 1 aromatic heterocycles. The third kappa shape index (κ3) is 7.16. The number of halogens is 2. The summed E-state index contributed by atoms with van der Waals surface area (Å²) < 4.78 is 33.4. The minimum atomic E-state index is -0.914. The lowest BCUT2D eigenvalue weighted by Crippen LogP contribution is -2.45. The van der Waals surface area contributed by atoms with Crippen LogP contribution in [0, 0.1) is 11.6 Å². The van der Waals surface area contributed by atoms with Crippen LogP contribution in [0.5, 0.6) is 5.75 Å². The highest BCUT2D eigenvalue weighted by molar-refractivity contribution is 6.02. The first-order valence-corrected chi connectivity index (χ1v) is 16.0. The predicted octanol–water partition coefficient (Wildman–Crippen LogP) is 5.12. The lowest BCUT2D eigenvalue weighted by Gasteiger charge is -2.39. The van der Waals surface area contributed by atoms with Crippen molar-refractivity contribution < 1.29 is 23.1 Å². The molecule has 3 aliphatic rings. The monoisotopic (exact) mass is 648 g/mol. The third-order valence-corrected chi connectivity index (χ3v) is 9.38. The summed E-state index contributed by atoms with van der Waals surface area (Å²) in [4.78, 5) is 34.4. The van der Waals surface area contributed by atoms with Crippen LogP contribution in [0.3, 0.4) is 0 Å². The number of anilines is 5. The summed E-state index contributed by atoms with van der Waals surface area (Å²) in [5.74, 6) is -0.663. The summed E-state index contributed by atoms with van der Waals surface area (Å²) in [7, 11) is 5.91. The average Bonchev–Trinajstić information content (AvgIpc) is 3.78. The number of hydrogen-bond acceptors (Lipinski definition) is 10. The lowest BCUT2D eigenvalue weighted by molar-refractivity contribution is -0.111. The van der Waals surface area contributed by atoms with Gasteiger partial charge in [0, 0.05) is 56.8 Å². The summed E-state index contributed by atoms with van der Waals surface area (Å²) in [6.07, 6.45) is 6.48. The maximum absolute atomic E-state index is 14.0. The predicted molar refractivity (Wildman–Crippen MR) is 178 cm³/mol. The minimum absolute atomic E-state index is 0.317. The molecule has 2 unspecified atom stereocenters. The third-order valence-electron chi connectivity index (χ3n) is 9.38. The van der Waals surface area contributed by atoms with Gasteiger partial charge in [-0.2, -0.15) is 0 Å². The van der Waals surface area contributed by atoms with Gasteiger partial charge in [-0.25, -0.2) is 23.8 Å². The first-order valence-electron chi connectivity index (χ1n) is 16.0. The molecular weight excluding hydrogens is 606 g/mol. The van der Waals surface area contributed by atoms with E-state index in [0.29, 0.717) is 59.4 Å². The van der Waals surface area contributed by atoms with Crippen LogP contribution in [0.1, 0.15) is 37.3 Å². The number of piperidine rings is 1. The summed E-state index contributed by atoms with van der Waals surface area (Å²) in [5.41, 5.74) is 2.66. The number of carbonyl (C=O) groups is 1. The van der Waals surface area contributed by atoms with Crippen LogP contribution in [0.2, 0.25) is 0 Å². The van der Waals surface area contributed by atoms with Gasteiger partial charge >= 0.3 is 0 Å². The number of likely N-dealkylation sites (N-methyl/N-ethyl adjacent to an activating group) is 1. The van der Waals surface area contributed by atoms with Gasteiger partial charge in [0.15, 0.2) is 17.5 Å². The van der Waals surface area contributed by atoms with E-state index in [1.54, 1.807) is 24.3 Å². The van der Waals surface area contributed by atoms with Crippen molar-refractivity contribution in [2.24, 2.45) is 0 Å². The Kier molecular flexibility index (Phi) is 9.85. The van der Waals surface area contributed by atoms with Gasteiger partial charge < -0.3 is 25.2 Å². The fourth-order valence-electron chi connectivity index (χ4n) is 6.77. The van der Waals surface area contributed by atoms with E-state index in [1.165, 1.54) is 24.9 Å². The quantitative estimate of drug-likeness (QED) is 0.289. The second-order valence-corrected chi connectivity index (χ2v) is 12.4. The van der Waals surface area contributed by atoms with Gasteiger partial charge in [-0.05, 0) is 63.2 Å². The van der Waals surface area contributed by atoms with E-state index in [9.17, 15) is 13.6 Å². The number of carbonyl (C=O) groups excluding carboxylic acids is 1. The summed E-state index contributed by atoms with van der Waals surface area (Å²) in [6.45, 7) is 7.96. The molecular formula is C34H42F2N8O3. The van der Waals surface area contributed by atoms with Crippen LogP contribution in [-0.2, 0) is 9.63 Å². The van der Waals surface area contributed by atoms with Crippen molar-refractivity contribution in [1.82, 2.24) is 19.8 Å². The largest absolute Gasteiger partial charge is 0.494 e. The van der Waals surface area contributed by atoms with Crippen molar-refractivity contribution in [1.29, 1.82) is 0 Å². The first-order chi connectivity index (χ1) is 22.7. The van der Waals surface area contributed by atoms with Gasteiger partial charge in [0.1, 0.15) is 17.9 Å². The fourth-order valence-corrected chi connectivity index (χ4v) is 6.77. The van der Waals surface area contributed by atoms with E-state index in [-0.39, 0.29) is 11.9 Å². The number of aromatic nitrogens is 2. The molecule has 0 radical (unpaired) electrons. The number of amides is 1. The number of rotatable bonds is 10. The molecule has 0 bridgehead atoms. The first kappa shape index (κ1) is 32.6. The summed E-state index contributed by atoms with van der Waals surface area (Å²) in [6, 6.07) is 10.1. The molecule has 47 heavy (non-hydrogen) atoms. The topological polar surface area (TPSA) is 98.3 Å². The Labute approximate surface area is 274 Å². The molecule has 3 fully saturated rings. The highest BCUT2D eigenvalue weighted by Crippen LogP contribution is 2.41. The molecule has 0 spiro atoms. The second-order valence-electron chi connectivity index (χ2n) is 12.4. The van der Waals surface area contributed by atoms with Gasteiger partial charge in [-0.15, -0.1) is 0 Å². The number of methoxy groups -OCH3 is 1. The lowest BCUT2D eigenvalue weighted by atomic mass is 10.0. The Bertz CT molecular complexity index is 1600. The molecule has 2 aromatic carbocycles. The Morgan fingerprint density at radius 1 is 1.04 bits per heavy atom. The van der Waals surface area contributed by atoms with Gasteiger partial charge in [-0.3, -0.25) is 14.5 Å². The Balaban J connectivity index is 1.22. The van der Waals surface area contributed by atoms with E-state index in [2.05, 4.69) is 56.0 Å². The highest BCUT2D eigenvalue weighted by atomic mass is 19.2. The van der Waals surface area contributed by atoms with Crippen molar-refractivity contribution in [2.75, 3.05) is 74.6 Å². The van der Waals surface area contributed by atoms with Crippen LogP contribution in [-0.4, -0.2) is 91.7 Å². The van der Waals surface area contributed by atoms with E-state index < -0.39 is 11.6 Å². The van der Waals surface area contributed by atoms with E-state index in [4.69, 9.17) is 9.57 Å². The molecule has 6 rings (SSSR count). The van der Waals surface area contributed by atoms with E-state index >= 15 is 0 Å². The van der Waals surface area contributed by atoms with Crippen LogP contribution in [0.25, 0.3) is 0 Å². The number of hydroxylamine groups is 1. The van der Waals surface area contributed by atoms with Crippen LogP contribution in [0.4, 0.5) is 37.5 Å². The molecule has 0 saturated carbocycles. The normalized spacial score (nSPS) is 20.6. The SMILES string of the molecule is C=CC(=O)Nc1cc(Nc2cc(N3OCCC3c3ccc(F)c(F)c3)ncn2)c(OC)cc1N1CCC(N2CCC(N(C)C)C2)CC1. The van der Waals surface area contributed by atoms with Crippen LogP contribution in [0.15, 0.2) is 55.4 Å². The molecule has 2 N–H and O–H groups in total. The van der Waals surface area contributed by atoms with Crippen LogP contribution < -0.4 is 25.3 Å². The van der Waals surface area contributed by atoms with E-state index in [0.717, 1.165) is 50.8 Å². The molecule has 13 heteroatoms. The van der Waals surface area contributed by atoms with Crippen molar-refractivity contribution in [3.63, 3.8) is 0 Å². The van der Waals surface area contributed by atoms with Gasteiger partial charge in [-0.1, -0.05) is 12.6 Å². The molecule has 3 aromatic rings. The van der Waals surface area contributed by atoms with Gasteiger partial charge in [0.2, 0.25) is 5.91 Å². The number of benzene rings is 2. The maximum Gasteiger partial charge on any atom is 0.247 e. The summed E-state index contributed by atoms with van der Waals surface area (Å²) >= 11 is 0. The Morgan fingerprint density at radius 3 is 2.55 bits per heavy atom. The minimum Gasteiger partial charge on any atom is -0.494 e. The molecule has 3 aliphatic heterocycles. The van der Waals surface area contributed by atoms with Gasteiger partial charge in [0.25, 0.3) is 0 Å². The molecule has 3 saturated heterocycles. The number of nitrogens with zero attached hydrogens (tertiary/aromatic N) is 6. The zero-order valence-corrected chi connectivity index (χ0v) is 27.1. The molecule has 11 nitrogen and oxygen atoms in total. The standard InChI is InChI=1S/C34H42F2N8O3/c1-5-34(45)40-27-17-28(31(46-4)18-30(27)42-12-8-23(9-13-42)43-14-10-24(20-43)41(2)3)39-32-19-33(38-21-37-32)44-29(11-15-47-44)22-6-7-25(35)26(36)16-22/h5-7,16-19,21,23-24,29H,1,8-15,20H2,2-4H3,(H,40,45)(H,37,38,39). The van der Waals surface area contributed by atoms with Crippen molar-refractivity contribution in [2.45, 2.75) is 43.8 Å². The number of ether oxygens (including phenoxy) is 1. The zero-order chi connectivity index (χ0) is 33.1. The highest BCUT2D eigenvalue weighted by Gasteiger charge is 2.33. The number of likely N-dealkylation sites (tertiary alicyclic amines) is 1. The summed E-state index contributed by atoms with van der Waals surface area (Å²) in [5, 5.41) is 7.87.